The third-order valence-corrected chi connectivity index (χ3v) is 2.83. The molecule has 0 radical (unpaired) electrons. The van der Waals surface area contributed by atoms with Crippen LogP contribution in [0.3, 0.4) is 0 Å². The highest BCUT2D eigenvalue weighted by molar-refractivity contribution is 6.32. The normalized spacial score (nSPS) is 10.1. The van der Waals surface area contributed by atoms with Gasteiger partial charge in [0, 0.05) is 16.4 Å². The summed E-state index contributed by atoms with van der Waals surface area (Å²) in [6, 6.07) is 13.0. The number of methoxy groups -OCH3 is 1. The van der Waals surface area contributed by atoms with Crippen LogP contribution < -0.4 is 10.1 Å². The molecule has 4 heteroatoms. The fourth-order valence-corrected chi connectivity index (χ4v) is 1.83. The van der Waals surface area contributed by atoms with Gasteiger partial charge in [0.15, 0.2) is 0 Å². The summed E-state index contributed by atoms with van der Waals surface area (Å²) in [7, 11) is 1.59. The molecule has 0 unspecified atom stereocenters. The van der Waals surface area contributed by atoms with Gasteiger partial charge in [-0.15, -0.1) is 0 Å². The number of anilines is 2. The standard InChI is InChI=1S/C13H11Cl2NO/c1-17-13-7-6-11(8-12(13)15)16-10-4-2-9(14)3-5-10/h2-8,16H,1H3. The Bertz CT molecular complexity index is 511. The van der Waals surface area contributed by atoms with Crippen LogP contribution in [0.1, 0.15) is 0 Å². The predicted molar refractivity (Wildman–Crippen MR) is 72.7 cm³/mol. The topological polar surface area (TPSA) is 21.3 Å². The van der Waals surface area contributed by atoms with Crippen LogP contribution in [0.4, 0.5) is 11.4 Å². The smallest absolute Gasteiger partial charge is 0.137 e. The Morgan fingerprint density at radius 1 is 0.941 bits per heavy atom. The van der Waals surface area contributed by atoms with Crippen LogP contribution >= 0.6 is 23.2 Å². The summed E-state index contributed by atoms with van der Waals surface area (Å²) in [6.45, 7) is 0. The first-order valence-corrected chi connectivity index (χ1v) is 5.81. The fraction of sp³-hybridized carbons (Fsp3) is 0.0769. The lowest BCUT2D eigenvalue weighted by Crippen LogP contribution is -1.91. The molecule has 0 amide bonds. The van der Waals surface area contributed by atoms with Crippen molar-refractivity contribution in [2.75, 3.05) is 12.4 Å². The quantitative estimate of drug-likeness (QED) is 0.867. The van der Waals surface area contributed by atoms with E-state index in [1.54, 1.807) is 7.11 Å². The van der Waals surface area contributed by atoms with Crippen LogP contribution in [0.25, 0.3) is 0 Å². The minimum Gasteiger partial charge on any atom is -0.495 e. The van der Waals surface area contributed by atoms with Crippen LogP contribution in [-0.2, 0) is 0 Å². The van der Waals surface area contributed by atoms with Crippen molar-refractivity contribution in [3.8, 4) is 5.75 Å². The maximum atomic E-state index is 6.03. The molecular weight excluding hydrogens is 257 g/mol. The molecule has 0 fully saturated rings. The Morgan fingerprint density at radius 2 is 1.59 bits per heavy atom. The Hall–Kier alpha value is -1.38. The largest absolute Gasteiger partial charge is 0.495 e. The maximum Gasteiger partial charge on any atom is 0.137 e. The number of hydrogen-bond donors (Lipinski definition) is 1. The Morgan fingerprint density at radius 3 is 2.18 bits per heavy atom. The predicted octanol–water partition coefficient (Wildman–Crippen LogP) is 4.75. The summed E-state index contributed by atoms with van der Waals surface area (Å²) in [5, 5.41) is 4.51. The molecule has 0 heterocycles. The van der Waals surface area contributed by atoms with E-state index in [1.165, 1.54) is 0 Å². The fourth-order valence-electron chi connectivity index (χ4n) is 1.44. The third-order valence-electron chi connectivity index (χ3n) is 2.28. The summed E-state index contributed by atoms with van der Waals surface area (Å²) in [5.74, 6) is 0.660. The molecule has 0 bridgehead atoms. The second kappa shape index (κ2) is 5.30. The van der Waals surface area contributed by atoms with Gasteiger partial charge in [0.05, 0.1) is 12.1 Å². The van der Waals surface area contributed by atoms with Crippen molar-refractivity contribution in [3.05, 3.63) is 52.5 Å². The molecule has 2 aromatic carbocycles. The first kappa shape index (κ1) is 12.1. The van der Waals surface area contributed by atoms with Gasteiger partial charge in [0.25, 0.3) is 0 Å². The molecule has 1 N–H and O–H groups in total. The van der Waals surface area contributed by atoms with Gasteiger partial charge in [0.2, 0.25) is 0 Å². The summed E-state index contributed by atoms with van der Waals surface area (Å²) in [4.78, 5) is 0. The molecule has 0 atom stereocenters. The Labute approximate surface area is 110 Å². The van der Waals surface area contributed by atoms with E-state index < -0.39 is 0 Å². The van der Waals surface area contributed by atoms with Gasteiger partial charge in [-0.25, -0.2) is 0 Å². The van der Waals surface area contributed by atoms with E-state index >= 15 is 0 Å². The monoisotopic (exact) mass is 267 g/mol. The Balaban J connectivity index is 2.19. The summed E-state index contributed by atoms with van der Waals surface area (Å²) in [6.07, 6.45) is 0. The molecule has 0 spiro atoms. The molecule has 2 rings (SSSR count). The molecular formula is C13H11Cl2NO. The second-order valence-corrected chi connectivity index (χ2v) is 4.32. The van der Waals surface area contributed by atoms with Crippen LogP contribution in [0.5, 0.6) is 5.75 Å². The lowest BCUT2D eigenvalue weighted by Gasteiger charge is -2.09. The van der Waals surface area contributed by atoms with Crippen molar-refractivity contribution >= 4 is 34.6 Å². The average molecular weight is 268 g/mol. The van der Waals surface area contributed by atoms with Gasteiger partial charge in [-0.2, -0.15) is 0 Å². The number of halogens is 2. The minimum atomic E-state index is 0.575. The molecule has 0 saturated carbocycles. The van der Waals surface area contributed by atoms with Gasteiger partial charge in [0.1, 0.15) is 5.75 Å². The Kier molecular flexibility index (Phi) is 3.77. The van der Waals surface area contributed by atoms with E-state index in [2.05, 4.69) is 5.32 Å². The third kappa shape index (κ3) is 3.05. The molecule has 0 aliphatic carbocycles. The molecule has 17 heavy (non-hydrogen) atoms. The van der Waals surface area contributed by atoms with Gasteiger partial charge >= 0.3 is 0 Å². The van der Waals surface area contributed by atoms with Crippen molar-refractivity contribution in [2.45, 2.75) is 0 Å². The van der Waals surface area contributed by atoms with E-state index in [4.69, 9.17) is 27.9 Å². The van der Waals surface area contributed by atoms with E-state index in [0.717, 1.165) is 11.4 Å². The van der Waals surface area contributed by atoms with Crippen LogP contribution in [0.2, 0.25) is 10.0 Å². The summed E-state index contributed by atoms with van der Waals surface area (Å²) < 4.78 is 5.09. The zero-order valence-electron chi connectivity index (χ0n) is 9.21. The zero-order valence-corrected chi connectivity index (χ0v) is 10.7. The van der Waals surface area contributed by atoms with Gasteiger partial charge < -0.3 is 10.1 Å². The number of ether oxygens (including phenoxy) is 1. The second-order valence-electron chi connectivity index (χ2n) is 3.48. The van der Waals surface area contributed by atoms with Gasteiger partial charge in [-0.1, -0.05) is 23.2 Å². The van der Waals surface area contributed by atoms with Crippen LogP contribution in [-0.4, -0.2) is 7.11 Å². The van der Waals surface area contributed by atoms with Crippen molar-refractivity contribution in [1.82, 2.24) is 0 Å². The van der Waals surface area contributed by atoms with E-state index in [-0.39, 0.29) is 0 Å². The van der Waals surface area contributed by atoms with Crippen LogP contribution in [0, 0.1) is 0 Å². The van der Waals surface area contributed by atoms with E-state index in [1.807, 2.05) is 42.5 Å². The highest BCUT2D eigenvalue weighted by Gasteiger charge is 2.01. The number of benzene rings is 2. The van der Waals surface area contributed by atoms with E-state index in [9.17, 15) is 0 Å². The minimum absolute atomic E-state index is 0.575. The van der Waals surface area contributed by atoms with Crippen molar-refractivity contribution < 1.29 is 4.74 Å². The molecule has 0 aromatic heterocycles. The van der Waals surface area contributed by atoms with Crippen molar-refractivity contribution in [2.24, 2.45) is 0 Å². The first-order chi connectivity index (χ1) is 8.19. The average Bonchev–Trinajstić information content (AvgIpc) is 2.32. The van der Waals surface area contributed by atoms with Crippen molar-refractivity contribution in [1.29, 1.82) is 0 Å². The maximum absolute atomic E-state index is 6.03. The summed E-state index contributed by atoms with van der Waals surface area (Å²) >= 11 is 11.8. The zero-order chi connectivity index (χ0) is 12.3. The molecule has 0 aliphatic rings. The number of hydrogen-bond acceptors (Lipinski definition) is 2. The molecule has 88 valence electrons. The SMILES string of the molecule is COc1ccc(Nc2ccc(Cl)cc2)cc1Cl. The lowest BCUT2D eigenvalue weighted by atomic mass is 10.2. The molecule has 2 nitrogen and oxygen atoms in total. The highest BCUT2D eigenvalue weighted by atomic mass is 35.5. The molecule has 0 saturated heterocycles. The van der Waals surface area contributed by atoms with Crippen molar-refractivity contribution in [3.63, 3.8) is 0 Å². The number of rotatable bonds is 3. The summed E-state index contributed by atoms with van der Waals surface area (Å²) in [5.41, 5.74) is 1.86. The number of nitrogens with one attached hydrogen (secondary N) is 1. The van der Waals surface area contributed by atoms with E-state index in [0.29, 0.717) is 15.8 Å². The molecule has 0 aliphatic heterocycles. The van der Waals surface area contributed by atoms with Gasteiger partial charge in [-0.3, -0.25) is 0 Å². The lowest BCUT2D eigenvalue weighted by molar-refractivity contribution is 0.415. The van der Waals surface area contributed by atoms with Gasteiger partial charge in [-0.05, 0) is 42.5 Å². The molecule has 2 aromatic rings. The van der Waals surface area contributed by atoms with Crippen LogP contribution in [0.15, 0.2) is 42.5 Å². The first-order valence-electron chi connectivity index (χ1n) is 5.05. The highest BCUT2D eigenvalue weighted by Crippen LogP contribution is 2.29.